The highest BCUT2D eigenvalue weighted by Crippen LogP contribution is 2.30. The van der Waals surface area contributed by atoms with E-state index in [-0.39, 0.29) is 6.10 Å². The number of morpholine rings is 1. The highest BCUT2D eigenvalue weighted by molar-refractivity contribution is 5.76. The van der Waals surface area contributed by atoms with Crippen molar-refractivity contribution in [1.82, 2.24) is 14.5 Å². The average molecular weight is 389 g/mol. The summed E-state index contributed by atoms with van der Waals surface area (Å²) in [6.45, 7) is 3.10. The van der Waals surface area contributed by atoms with E-state index in [1.54, 1.807) is 12.4 Å². The van der Waals surface area contributed by atoms with Gasteiger partial charge in [0.15, 0.2) is 0 Å². The van der Waals surface area contributed by atoms with Crippen LogP contribution in [0.2, 0.25) is 0 Å². The summed E-state index contributed by atoms with van der Waals surface area (Å²) in [6, 6.07) is 10.0. The molecule has 1 aromatic heterocycles. The minimum atomic E-state index is -3.18. The van der Waals surface area contributed by atoms with Crippen LogP contribution < -0.4 is 0 Å². The first-order valence-corrected chi connectivity index (χ1v) is 9.23. The SMILES string of the molecule is Cn1cnc2ccc([C@@H]3CN(Cc4ccc(C(C)(F)F)c(F)c4)CCO3)cc21. The lowest BCUT2D eigenvalue weighted by molar-refractivity contribution is -0.0329. The molecular weight excluding hydrogens is 367 g/mol. The fraction of sp³-hybridized carbons (Fsp3) is 0.381. The lowest BCUT2D eigenvalue weighted by Gasteiger charge is -2.33. The molecule has 0 amide bonds. The van der Waals surface area contributed by atoms with Gasteiger partial charge >= 0.3 is 0 Å². The van der Waals surface area contributed by atoms with Gasteiger partial charge in [0.25, 0.3) is 5.92 Å². The Morgan fingerprint density at radius 2 is 2.04 bits per heavy atom. The topological polar surface area (TPSA) is 30.3 Å². The van der Waals surface area contributed by atoms with Crippen molar-refractivity contribution < 1.29 is 17.9 Å². The number of hydrogen-bond acceptors (Lipinski definition) is 3. The third-order valence-electron chi connectivity index (χ3n) is 5.18. The van der Waals surface area contributed by atoms with Gasteiger partial charge in [0.2, 0.25) is 0 Å². The Balaban J connectivity index is 1.49. The number of aromatic nitrogens is 2. The molecule has 2 heterocycles. The number of hydrogen-bond donors (Lipinski definition) is 0. The average Bonchev–Trinajstić information content (AvgIpc) is 3.01. The van der Waals surface area contributed by atoms with Gasteiger partial charge in [-0.15, -0.1) is 0 Å². The van der Waals surface area contributed by atoms with E-state index in [0.29, 0.717) is 38.7 Å². The van der Waals surface area contributed by atoms with E-state index in [0.717, 1.165) is 16.6 Å². The number of benzene rings is 2. The minimum absolute atomic E-state index is 0.0999. The normalized spacial score (nSPS) is 18.7. The quantitative estimate of drug-likeness (QED) is 0.663. The molecule has 0 saturated carbocycles. The van der Waals surface area contributed by atoms with Gasteiger partial charge in [-0.05, 0) is 35.4 Å². The maximum absolute atomic E-state index is 14.1. The van der Waals surface area contributed by atoms with Crippen molar-refractivity contribution >= 4 is 11.0 Å². The molecule has 148 valence electrons. The molecule has 0 radical (unpaired) electrons. The molecule has 0 N–H and O–H groups in total. The largest absolute Gasteiger partial charge is 0.371 e. The first kappa shape index (κ1) is 19.0. The van der Waals surface area contributed by atoms with Gasteiger partial charge < -0.3 is 9.30 Å². The van der Waals surface area contributed by atoms with Crippen molar-refractivity contribution in [3.05, 3.63) is 65.2 Å². The molecule has 3 aromatic rings. The van der Waals surface area contributed by atoms with Crippen molar-refractivity contribution in [3.63, 3.8) is 0 Å². The molecule has 4 nitrogen and oxygen atoms in total. The fourth-order valence-electron chi connectivity index (χ4n) is 3.66. The molecule has 1 saturated heterocycles. The smallest absolute Gasteiger partial charge is 0.273 e. The summed E-state index contributed by atoms with van der Waals surface area (Å²) < 4.78 is 48.7. The predicted octanol–water partition coefficient (Wildman–Crippen LogP) is 4.40. The van der Waals surface area contributed by atoms with E-state index in [1.807, 2.05) is 23.7 Å². The molecule has 4 rings (SSSR count). The van der Waals surface area contributed by atoms with Crippen LogP contribution >= 0.6 is 0 Å². The highest BCUT2D eigenvalue weighted by Gasteiger charge is 2.28. The van der Waals surface area contributed by atoms with E-state index in [9.17, 15) is 13.2 Å². The number of ether oxygens (including phenoxy) is 1. The number of rotatable bonds is 4. The fourth-order valence-corrected chi connectivity index (χ4v) is 3.66. The second-order valence-corrected chi connectivity index (χ2v) is 7.40. The molecule has 1 aliphatic heterocycles. The molecule has 0 spiro atoms. The molecule has 1 aliphatic rings. The van der Waals surface area contributed by atoms with Crippen molar-refractivity contribution in [1.29, 1.82) is 0 Å². The van der Waals surface area contributed by atoms with Crippen LogP contribution in [0.1, 0.15) is 29.7 Å². The summed E-state index contributed by atoms with van der Waals surface area (Å²) in [5.41, 5.74) is 3.14. The zero-order valence-electron chi connectivity index (χ0n) is 15.8. The van der Waals surface area contributed by atoms with Gasteiger partial charge in [-0.1, -0.05) is 12.1 Å². The molecule has 28 heavy (non-hydrogen) atoms. The Morgan fingerprint density at radius 1 is 1.21 bits per heavy atom. The maximum Gasteiger partial charge on any atom is 0.273 e. The van der Waals surface area contributed by atoms with Crippen LogP contribution in [0.4, 0.5) is 13.2 Å². The Kier molecular flexibility index (Phi) is 4.89. The summed E-state index contributed by atoms with van der Waals surface area (Å²) in [5, 5.41) is 0. The van der Waals surface area contributed by atoms with Crippen LogP contribution in [0.3, 0.4) is 0 Å². The van der Waals surface area contributed by atoms with Gasteiger partial charge in [-0.3, -0.25) is 4.90 Å². The van der Waals surface area contributed by atoms with Crippen LogP contribution in [0, 0.1) is 5.82 Å². The minimum Gasteiger partial charge on any atom is -0.371 e. The molecule has 0 aliphatic carbocycles. The van der Waals surface area contributed by atoms with Crippen molar-refractivity contribution in [3.8, 4) is 0 Å². The molecule has 0 unspecified atom stereocenters. The second kappa shape index (κ2) is 7.22. The van der Waals surface area contributed by atoms with E-state index >= 15 is 0 Å². The van der Waals surface area contributed by atoms with Crippen molar-refractivity contribution in [2.75, 3.05) is 19.7 Å². The number of halogens is 3. The number of alkyl halides is 2. The number of fused-ring (bicyclic) bond motifs is 1. The number of aryl methyl sites for hydroxylation is 1. The van der Waals surface area contributed by atoms with Gasteiger partial charge in [0.05, 0.1) is 35.6 Å². The lowest BCUT2D eigenvalue weighted by atomic mass is 10.0. The Bertz CT molecular complexity index is 996. The third-order valence-corrected chi connectivity index (χ3v) is 5.18. The first-order chi connectivity index (χ1) is 13.3. The molecular formula is C21H22F3N3O. The maximum atomic E-state index is 14.1. The van der Waals surface area contributed by atoms with E-state index in [2.05, 4.69) is 16.0 Å². The molecule has 0 bridgehead atoms. The van der Waals surface area contributed by atoms with E-state index in [4.69, 9.17) is 4.74 Å². The summed E-state index contributed by atoms with van der Waals surface area (Å²) in [4.78, 5) is 6.48. The highest BCUT2D eigenvalue weighted by atomic mass is 19.3. The second-order valence-electron chi connectivity index (χ2n) is 7.40. The van der Waals surface area contributed by atoms with Crippen LogP contribution in [-0.2, 0) is 24.3 Å². The molecule has 1 atom stereocenters. The van der Waals surface area contributed by atoms with Crippen LogP contribution in [-0.4, -0.2) is 34.1 Å². The van der Waals surface area contributed by atoms with Crippen LogP contribution in [0.25, 0.3) is 11.0 Å². The van der Waals surface area contributed by atoms with Gasteiger partial charge in [0, 0.05) is 33.6 Å². The molecule has 1 fully saturated rings. The third kappa shape index (κ3) is 3.77. The summed E-state index contributed by atoms with van der Waals surface area (Å²) in [6.07, 6.45) is 1.68. The summed E-state index contributed by atoms with van der Waals surface area (Å²) in [7, 11) is 1.95. The monoisotopic (exact) mass is 389 g/mol. The Hall–Kier alpha value is -2.38. The van der Waals surface area contributed by atoms with Gasteiger partial charge in [0.1, 0.15) is 5.82 Å². The standard InChI is InChI=1S/C21H22F3N3O/c1-21(23,24)16-5-3-14(9-17(16)22)11-27-7-8-28-20(12-27)15-4-6-18-19(10-15)26(2)13-25-18/h3-6,9-10,13,20H,7-8,11-12H2,1-2H3/t20-/m0/s1. The van der Waals surface area contributed by atoms with E-state index in [1.165, 1.54) is 12.1 Å². The summed E-state index contributed by atoms with van der Waals surface area (Å²) >= 11 is 0. The Labute approximate surface area is 161 Å². The lowest BCUT2D eigenvalue weighted by Crippen LogP contribution is -2.37. The molecule has 2 aromatic carbocycles. The van der Waals surface area contributed by atoms with Gasteiger partial charge in [-0.25, -0.2) is 18.2 Å². The van der Waals surface area contributed by atoms with Crippen LogP contribution in [0.5, 0.6) is 0 Å². The predicted molar refractivity (Wildman–Crippen MR) is 101 cm³/mol. The first-order valence-electron chi connectivity index (χ1n) is 9.23. The summed E-state index contributed by atoms with van der Waals surface area (Å²) in [5.74, 6) is -4.05. The van der Waals surface area contributed by atoms with Gasteiger partial charge in [-0.2, -0.15) is 0 Å². The van der Waals surface area contributed by atoms with Crippen molar-refractivity contribution in [2.24, 2.45) is 7.05 Å². The zero-order chi connectivity index (χ0) is 19.9. The number of imidazole rings is 1. The van der Waals surface area contributed by atoms with E-state index < -0.39 is 17.3 Å². The zero-order valence-corrected chi connectivity index (χ0v) is 15.8. The van der Waals surface area contributed by atoms with Crippen LogP contribution in [0.15, 0.2) is 42.7 Å². The number of nitrogens with zero attached hydrogens (tertiary/aromatic N) is 3. The Morgan fingerprint density at radius 3 is 2.79 bits per heavy atom. The van der Waals surface area contributed by atoms with Crippen molar-refractivity contribution in [2.45, 2.75) is 25.5 Å². The molecule has 7 heteroatoms.